The summed E-state index contributed by atoms with van der Waals surface area (Å²) < 4.78 is 31.0. The molecule has 100 valence electrons. The fourth-order valence-corrected chi connectivity index (χ4v) is 2.78. The molecule has 0 spiro atoms. The fourth-order valence-electron chi connectivity index (χ4n) is 1.59. The average molecular weight is 279 g/mol. The third-order valence-electron chi connectivity index (χ3n) is 2.49. The zero-order valence-corrected chi connectivity index (χ0v) is 11.7. The molecule has 1 N–H and O–H groups in total. The molecule has 0 amide bonds. The number of aryl methyl sites for hydroxylation is 1. The molecule has 0 aliphatic rings. The zero-order valence-electron chi connectivity index (χ0n) is 10.8. The number of anilines is 1. The molecule has 0 radical (unpaired) electrons. The Bertz CT molecular complexity index is 613. The van der Waals surface area contributed by atoms with Crippen LogP contribution in [0.1, 0.15) is 5.56 Å². The average Bonchev–Trinajstić information content (AvgIpc) is 2.35. The molecule has 0 heterocycles. The van der Waals surface area contributed by atoms with Crippen molar-refractivity contribution in [3.63, 3.8) is 0 Å². The maximum absolute atomic E-state index is 13.4. The van der Waals surface area contributed by atoms with Crippen molar-refractivity contribution >= 4 is 13.2 Å². The van der Waals surface area contributed by atoms with E-state index in [1.165, 1.54) is 18.8 Å². The highest BCUT2D eigenvalue weighted by Gasteiger charge is 2.19. The Balaban J connectivity index is 2.13. The summed E-state index contributed by atoms with van der Waals surface area (Å²) in [6.07, 6.45) is 0. The van der Waals surface area contributed by atoms with E-state index in [1.807, 2.05) is 19.1 Å². The highest BCUT2D eigenvalue weighted by atomic mass is 31.2. The predicted molar refractivity (Wildman–Crippen MR) is 75.4 cm³/mol. The van der Waals surface area contributed by atoms with Crippen LogP contribution in [0.15, 0.2) is 48.5 Å². The maximum atomic E-state index is 13.4. The van der Waals surface area contributed by atoms with Gasteiger partial charge in [-0.1, -0.05) is 29.8 Å². The lowest BCUT2D eigenvalue weighted by Crippen LogP contribution is -2.03. The third kappa shape index (κ3) is 3.83. The molecule has 0 aromatic heterocycles. The van der Waals surface area contributed by atoms with E-state index in [0.717, 1.165) is 5.56 Å². The molecule has 2 rings (SSSR count). The van der Waals surface area contributed by atoms with E-state index in [1.54, 1.807) is 24.3 Å². The van der Waals surface area contributed by atoms with Crippen molar-refractivity contribution in [3.05, 3.63) is 59.9 Å². The van der Waals surface area contributed by atoms with Crippen molar-refractivity contribution < 1.29 is 13.5 Å². The fraction of sp³-hybridized carbons (Fsp3) is 0.143. The van der Waals surface area contributed by atoms with E-state index in [-0.39, 0.29) is 5.75 Å². The number of hydrogen-bond donors (Lipinski definition) is 1. The smallest absolute Gasteiger partial charge is 0.338 e. The summed E-state index contributed by atoms with van der Waals surface area (Å²) in [7, 11) is -3.17. The van der Waals surface area contributed by atoms with Crippen molar-refractivity contribution in [2.24, 2.45) is 0 Å². The first kappa shape index (κ1) is 13.6. The summed E-state index contributed by atoms with van der Waals surface area (Å²) >= 11 is 0. The summed E-state index contributed by atoms with van der Waals surface area (Å²) in [6.45, 7) is 3.38. The molecule has 5 heteroatoms. The van der Waals surface area contributed by atoms with E-state index in [0.29, 0.717) is 5.69 Å². The number of rotatable bonds is 4. The minimum atomic E-state index is -3.17. The van der Waals surface area contributed by atoms with Gasteiger partial charge in [-0.3, -0.25) is 4.57 Å². The van der Waals surface area contributed by atoms with Crippen molar-refractivity contribution in [2.45, 2.75) is 6.92 Å². The normalized spacial score (nSPS) is 13.6. The number of para-hydroxylation sites is 1. The molecule has 0 bridgehead atoms. The van der Waals surface area contributed by atoms with E-state index >= 15 is 0 Å². The predicted octanol–water partition coefficient (Wildman–Crippen LogP) is 4.45. The number of nitrogens with one attached hydrogen (secondary N) is 1. The van der Waals surface area contributed by atoms with Gasteiger partial charge in [-0.2, -0.15) is 0 Å². The zero-order chi connectivity index (χ0) is 13.9. The van der Waals surface area contributed by atoms with Gasteiger partial charge in [0.15, 0.2) is 11.6 Å². The van der Waals surface area contributed by atoms with Gasteiger partial charge in [0.25, 0.3) is 0 Å². The summed E-state index contributed by atoms with van der Waals surface area (Å²) in [6, 6.07) is 13.3. The largest absolute Gasteiger partial charge is 0.426 e. The Morgan fingerprint density at radius 1 is 1.11 bits per heavy atom. The SMILES string of the molecule is Cc1ccc(NP(C)(=O)Oc2ccccc2F)cc1. The van der Waals surface area contributed by atoms with Gasteiger partial charge < -0.3 is 9.61 Å². The van der Waals surface area contributed by atoms with Crippen molar-refractivity contribution in [1.29, 1.82) is 0 Å². The molecular formula is C14H15FNO2P. The van der Waals surface area contributed by atoms with Gasteiger partial charge >= 0.3 is 7.52 Å². The van der Waals surface area contributed by atoms with Crippen LogP contribution in [0, 0.1) is 12.7 Å². The van der Waals surface area contributed by atoms with Gasteiger partial charge in [-0.05, 0) is 31.2 Å². The molecule has 0 fully saturated rings. The maximum Gasteiger partial charge on any atom is 0.338 e. The van der Waals surface area contributed by atoms with E-state index in [9.17, 15) is 8.96 Å². The lowest BCUT2D eigenvalue weighted by molar-refractivity contribution is 0.468. The molecule has 19 heavy (non-hydrogen) atoms. The van der Waals surface area contributed by atoms with Gasteiger partial charge in [0.1, 0.15) is 0 Å². The van der Waals surface area contributed by atoms with Crippen LogP contribution in [-0.4, -0.2) is 6.66 Å². The minimum Gasteiger partial charge on any atom is -0.426 e. The Kier molecular flexibility index (Phi) is 3.91. The lowest BCUT2D eigenvalue weighted by Gasteiger charge is -2.17. The summed E-state index contributed by atoms with van der Waals surface area (Å²) in [4.78, 5) is 0. The Morgan fingerprint density at radius 2 is 1.74 bits per heavy atom. The van der Waals surface area contributed by atoms with E-state index in [2.05, 4.69) is 5.09 Å². The van der Waals surface area contributed by atoms with Crippen LogP contribution in [-0.2, 0) is 4.57 Å². The van der Waals surface area contributed by atoms with Crippen molar-refractivity contribution in [3.8, 4) is 5.75 Å². The second-order valence-corrected chi connectivity index (χ2v) is 6.44. The summed E-state index contributed by atoms with van der Waals surface area (Å²) in [5, 5.41) is 2.79. The van der Waals surface area contributed by atoms with Crippen LogP contribution >= 0.6 is 7.52 Å². The standard InChI is InChI=1S/C14H15FNO2P/c1-11-7-9-12(10-8-11)16-19(2,17)18-14-6-4-3-5-13(14)15/h3-10H,1-2H3,(H,16,17). The van der Waals surface area contributed by atoms with Gasteiger partial charge in [0, 0.05) is 12.4 Å². The number of benzene rings is 2. The number of hydrogen-bond acceptors (Lipinski definition) is 2. The first-order valence-electron chi connectivity index (χ1n) is 5.83. The molecule has 0 saturated heterocycles. The molecule has 0 aliphatic carbocycles. The highest BCUT2D eigenvalue weighted by Crippen LogP contribution is 2.43. The summed E-state index contributed by atoms with van der Waals surface area (Å²) in [5.41, 5.74) is 1.78. The Labute approximate surface area is 111 Å². The van der Waals surface area contributed by atoms with E-state index in [4.69, 9.17) is 4.52 Å². The highest BCUT2D eigenvalue weighted by molar-refractivity contribution is 7.60. The first-order valence-corrected chi connectivity index (χ1v) is 7.90. The van der Waals surface area contributed by atoms with Crippen molar-refractivity contribution in [2.75, 3.05) is 11.8 Å². The molecule has 1 atom stereocenters. The van der Waals surface area contributed by atoms with Gasteiger partial charge in [0.2, 0.25) is 0 Å². The molecular weight excluding hydrogens is 264 g/mol. The van der Waals surface area contributed by atoms with Crippen molar-refractivity contribution in [1.82, 2.24) is 0 Å². The van der Waals surface area contributed by atoms with Gasteiger partial charge in [-0.15, -0.1) is 0 Å². The quantitative estimate of drug-likeness (QED) is 0.840. The third-order valence-corrected chi connectivity index (χ3v) is 3.70. The second-order valence-electron chi connectivity index (χ2n) is 4.35. The number of halogens is 1. The molecule has 0 aliphatic heterocycles. The van der Waals surface area contributed by atoms with Crippen LogP contribution in [0.2, 0.25) is 0 Å². The van der Waals surface area contributed by atoms with Crippen LogP contribution in [0.25, 0.3) is 0 Å². The topological polar surface area (TPSA) is 38.3 Å². The monoisotopic (exact) mass is 279 g/mol. The Morgan fingerprint density at radius 3 is 2.37 bits per heavy atom. The van der Waals surface area contributed by atoms with Gasteiger partial charge in [-0.25, -0.2) is 4.39 Å². The van der Waals surface area contributed by atoms with E-state index < -0.39 is 13.3 Å². The van der Waals surface area contributed by atoms with Crippen LogP contribution in [0.4, 0.5) is 10.1 Å². The van der Waals surface area contributed by atoms with Crippen LogP contribution in [0.3, 0.4) is 0 Å². The molecule has 2 aromatic carbocycles. The lowest BCUT2D eigenvalue weighted by atomic mass is 10.2. The molecule has 1 unspecified atom stereocenters. The summed E-state index contributed by atoms with van der Waals surface area (Å²) in [5.74, 6) is -0.553. The Hall–Kier alpha value is -1.80. The molecule has 2 aromatic rings. The molecule has 3 nitrogen and oxygen atoms in total. The minimum absolute atomic E-state index is 0.0204. The van der Waals surface area contributed by atoms with Crippen LogP contribution in [0.5, 0.6) is 5.75 Å². The van der Waals surface area contributed by atoms with Gasteiger partial charge in [0.05, 0.1) is 0 Å². The second kappa shape index (κ2) is 5.45. The first-order chi connectivity index (χ1) is 8.96. The molecule has 0 saturated carbocycles. The van der Waals surface area contributed by atoms with Crippen LogP contribution < -0.4 is 9.61 Å².